The van der Waals surface area contributed by atoms with Crippen molar-refractivity contribution in [1.29, 1.82) is 0 Å². The molecule has 1 aromatic carbocycles. The number of amides is 1. The largest absolute Gasteiger partial charge is 0.493 e. The smallest absolute Gasteiger partial charge is 0.251 e. The number of benzene rings is 1. The maximum atomic E-state index is 12.7. The zero-order valence-electron chi connectivity index (χ0n) is 19.3. The van der Waals surface area contributed by atoms with E-state index in [4.69, 9.17) is 9.47 Å². The van der Waals surface area contributed by atoms with Gasteiger partial charge in [-0.1, -0.05) is 24.1 Å². The molecule has 1 aromatic rings. The second-order valence-corrected chi connectivity index (χ2v) is 8.18. The number of likely N-dealkylation sites (tertiary alicyclic amines) is 1. The molecule has 0 bridgehead atoms. The van der Waals surface area contributed by atoms with Gasteiger partial charge in [-0.05, 0) is 83.8 Å². The van der Waals surface area contributed by atoms with E-state index in [0.29, 0.717) is 36.3 Å². The topological polar surface area (TPSA) is 50.8 Å². The standard InChI is InChI=1S/C25H38N2O3/c1-6-27-15-8-11-22(27)18-26-25(28)21-12-13-23(29-5)24(17-21)30-16-14-20(4)10-7-9-19(2)3/h9,12-14,17,22H,6-8,10-11,15-16,18H2,1-5H3,(H,26,28). The minimum Gasteiger partial charge on any atom is -0.493 e. The van der Waals surface area contributed by atoms with E-state index in [2.05, 4.69) is 50.1 Å². The third-order valence-corrected chi connectivity index (χ3v) is 5.59. The van der Waals surface area contributed by atoms with Crippen LogP contribution in [0.25, 0.3) is 0 Å². The van der Waals surface area contributed by atoms with Gasteiger partial charge < -0.3 is 14.8 Å². The Kier molecular flexibility index (Phi) is 9.95. The van der Waals surface area contributed by atoms with Crippen LogP contribution in [-0.2, 0) is 0 Å². The number of methoxy groups -OCH3 is 1. The molecule has 1 atom stereocenters. The summed E-state index contributed by atoms with van der Waals surface area (Å²) < 4.78 is 11.3. The number of ether oxygens (including phenoxy) is 2. The minimum absolute atomic E-state index is 0.0705. The summed E-state index contributed by atoms with van der Waals surface area (Å²) in [6, 6.07) is 5.79. The van der Waals surface area contributed by atoms with Crippen LogP contribution in [0.1, 0.15) is 63.7 Å². The number of carbonyl (C=O) groups is 1. The number of rotatable bonds is 11. The highest BCUT2D eigenvalue weighted by Crippen LogP contribution is 2.28. The molecular formula is C25H38N2O3. The highest BCUT2D eigenvalue weighted by atomic mass is 16.5. The van der Waals surface area contributed by atoms with Crippen LogP contribution in [0.3, 0.4) is 0 Å². The van der Waals surface area contributed by atoms with Crippen LogP contribution < -0.4 is 14.8 Å². The van der Waals surface area contributed by atoms with Gasteiger partial charge in [0.15, 0.2) is 11.5 Å². The fourth-order valence-electron chi connectivity index (χ4n) is 3.75. The molecular weight excluding hydrogens is 376 g/mol. The van der Waals surface area contributed by atoms with Crippen LogP contribution in [0, 0.1) is 0 Å². The van der Waals surface area contributed by atoms with Gasteiger partial charge in [-0.25, -0.2) is 0 Å². The lowest BCUT2D eigenvalue weighted by Gasteiger charge is -2.23. The minimum atomic E-state index is -0.0705. The van der Waals surface area contributed by atoms with E-state index in [9.17, 15) is 4.79 Å². The highest BCUT2D eigenvalue weighted by Gasteiger charge is 2.23. The first-order chi connectivity index (χ1) is 14.4. The van der Waals surface area contributed by atoms with Gasteiger partial charge in [0.25, 0.3) is 5.91 Å². The summed E-state index contributed by atoms with van der Waals surface area (Å²) in [5.74, 6) is 1.16. The Hall–Kier alpha value is -2.27. The Balaban J connectivity index is 1.93. The van der Waals surface area contributed by atoms with E-state index in [1.165, 1.54) is 17.6 Å². The van der Waals surface area contributed by atoms with Gasteiger partial charge in [0.2, 0.25) is 0 Å². The predicted molar refractivity (Wildman–Crippen MR) is 124 cm³/mol. The first-order valence-corrected chi connectivity index (χ1v) is 11.1. The van der Waals surface area contributed by atoms with Crippen molar-refractivity contribution in [2.75, 3.05) is 33.4 Å². The summed E-state index contributed by atoms with van der Waals surface area (Å²) in [5, 5.41) is 3.08. The number of allylic oxidation sites excluding steroid dienone is 3. The first-order valence-electron chi connectivity index (χ1n) is 11.1. The molecule has 0 spiro atoms. The second kappa shape index (κ2) is 12.4. The number of nitrogens with zero attached hydrogens (tertiary/aromatic N) is 1. The number of hydrogen-bond donors (Lipinski definition) is 1. The molecule has 2 rings (SSSR count). The van der Waals surface area contributed by atoms with Gasteiger partial charge in [0.1, 0.15) is 6.61 Å². The van der Waals surface area contributed by atoms with Gasteiger partial charge in [0, 0.05) is 18.2 Å². The lowest BCUT2D eigenvalue weighted by atomic mass is 10.1. The third-order valence-electron chi connectivity index (χ3n) is 5.59. The summed E-state index contributed by atoms with van der Waals surface area (Å²) in [6.07, 6.45) is 8.74. The quantitative estimate of drug-likeness (QED) is 0.519. The maximum Gasteiger partial charge on any atom is 0.251 e. The van der Waals surface area contributed by atoms with Gasteiger partial charge >= 0.3 is 0 Å². The van der Waals surface area contributed by atoms with Crippen molar-refractivity contribution < 1.29 is 14.3 Å². The highest BCUT2D eigenvalue weighted by molar-refractivity contribution is 5.94. The van der Waals surface area contributed by atoms with E-state index in [1.807, 2.05) is 0 Å². The molecule has 1 saturated heterocycles. The van der Waals surface area contributed by atoms with Gasteiger partial charge in [-0.2, -0.15) is 0 Å². The van der Waals surface area contributed by atoms with Crippen LogP contribution in [0.2, 0.25) is 0 Å². The number of likely N-dealkylation sites (N-methyl/N-ethyl adjacent to an activating group) is 1. The summed E-state index contributed by atoms with van der Waals surface area (Å²) in [6.45, 7) is 11.8. The molecule has 1 unspecified atom stereocenters. The van der Waals surface area contributed by atoms with E-state index < -0.39 is 0 Å². The average molecular weight is 415 g/mol. The van der Waals surface area contributed by atoms with Gasteiger partial charge in [-0.15, -0.1) is 0 Å². The maximum absolute atomic E-state index is 12.7. The SMILES string of the molecule is CCN1CCCC1CNC(=O)c1ccc(OC)c(OCC=C(C)CCC=C(C)C)c1. The molecule has 0 radical (unpaired) electrons. The molecule has 5 heteroatoms. The Bertz CT molecular complexity index is 751. The van der Waals surface area contributed by atoms with Crippen molar-refractivity contribution in [2.45, 2.75) is 59.4 Å². The Morgan fingerprint density at radius 3 is 2.73 bits per heavy atom. The van der Waals surface area contributed by atoms with Crippen molar-refractivity contribution in [2.24, 2.45) is 0 Å². The van der Waals surface area contributed by atoms with Gasteiger partial charge in [-0.3, -0.25) is 9.69 Å². The fraction of sp³-hybridized carbons (Fsp3) is 0.560. The molecule has 1 N–H and O–H groups in total. The molecule has 166 valence electrons. The van der Waals surface area contributed by atoms with Crippen molar-refractivity contribution in [3.63, 3.8) is 0 Å². The fourth-order valence-corrected chi connectivity index (χ4v) is 3.75. The summed E-state index contributed by atoms with van der Waals surface area (Å²) >= 11 is 0. The zero-order valence-corrected chi connectivity index (χ0v) is 19.3. The molecule has 0 aromatic heterocycles. The van der Waals surface area contributed by atoms with E-state index in [-0.39, 0.29) is 5.91 Å². The molecule has 30 heavy (non-hydrogen) atoms. The molecule has 0 saturated carbocycles. The Labute approximate surface area is 182 Å². The number of carbonyl (C=O) groups excluding carboxylic acids is 1. The summed E-state index contributed by atoms with van der Waals surface area (Å²) in [7, 11) is 1.61. The Morgan fingerprint density at radius 2 is 2.03 bits per heavy atom. The van der Waals surface area contributed by atoms with Crippen molar-refractivity contribution >= 4 is 5.91 Å². The number of hydrogen-bond acceptors (Lipinski definition) is 4. The molecule has 1 amide bonds. The molecule has 1 fully saturated rings. The van der Waals surface area contributed by atoms with E-state index in [1.54, 1.807) is 25.3 Å². The zero-order chi connectivity index (χ0) is 21.9. The monoisotopic (exact) mass is 414 g/mol. The lowest BCUT2D eigenvalue weighted by molar-refractivity contribution is 0.0941. The lowest BCUT2D eigenvalue weighted by Crippen LogP contribution is -2.40. The van der Waals surface area contributed by atoms with Crippen molar-refractivity contribution in [1.82, 2.24) is 10.2 Å². The van der Waals surface area contributed by atoms with E-state index >= 15 is 0 Å². The molecule has 1 aliphatic rings. The van der Waals surface area contributed by atoms with Gasteiger partial charge in [0.05, 0.1) is 7.11 Å². The van der Waals surface area contributed by atoms with Crippen LogP contribution in [-0.4, -0.2) is 50.2 Å². The second-order valence-electron chi connectivity index (χ2n) is 8.18. The van der Waals surface area contributed by atoms with Crippen LogP contribution in [0.4, 0.5) is 0 Å². The first kappa shape index (κ1) is 24.0. The third kappa shape index (κ3) is 7.52. The number of nitrogens with one attached hydrogen (secondary N) is 1. The average Bonchev–Trinajstić information content (AvgIpc) is 3.19. The van der Waals surface area contributed by atoms with Crippen LogP contribution in [0.15, 0.2) is 41.5 Å². The van der Waals surface area contributed by atoms with Crippen molar-refractivity contribution in [3.05, 3.63) is 47.1 Å². The normalized spacial score (nSPS) is 17.0. The molecule has 5 nitrogen and oxygen atoms in total. The molecule has 1 aliphatic heterocycles. The van der Waals surface area contributed by atoms with Crippen molar-refractivity contribution in [3.8, 4) is 11.5 Å². The van der Waals surface area contributed by atoms with Crippen LogP contribution in [0.5, 0.6) is 11.5 Å². The Morgan fingerprint density at radius 1 is 1.23 bits per heavy atom. The summed E-state index contributed by atoms with van der Waals surface area (Å²) in [4.78, 5) is 15.1. The predicted octanol–water partition coefficient (Wildman–Crippen LogP) is 4.98. The van der Waals surface area contributed by atoms with Crippen LogP contribution >= 0.6 is 0 Å². The van der Waals surface area contributed by atoms with E-state index in [0.717, 1.165) is 32.4 Å². The summed E-state index contributed by atoms with van der Waals surface area (Å²) in [5.41, 5.74) is 3.22. The molecule has 0 aliphatic carbocycles. The molecule has 1 heterocycles.